The summed E-state index contributed by atoms with van der Waals surface area (Å²) in [4.78, 5) is 22.8. The number of ether oxygens (including phenoxy) is 7. The SMILES string of the molecule is O=C(Cl)OCc1ccccc1.O=C(OCc1ccccc1)OC(Cc1c(Cl)c[n+]([O-])cc1Cl)c1ccc(OC(F)F)c(OCC2CC2)c1.[O-][n+]1cc(Cl)c(C[C@H](O)c2ccc(OC(F)F)c(OCC3CC3)c2)c(Cl)c1. The molecule has 6 aromatic rings. The van der Waals surface area contributed by atoms with Crippen LogP contribution in [0.4, 0.5) is 27.2 Å². The van der Waals surface area contributed by atoms with E-state index in [0.717, 1.165) is 61.6 Å². The zero-order chi connectivity index (χ0) is 54.0. The predicted molar refractivity (Wildman–Crippen MR) is 269 cm³/mol. The number of benzene rings is 4. The van der Waals surface area contributed by atoms with E-state index in [0.29, 0.717) is 56.8 Å². The minimum Gasteiger partial charge on any atom is -0.619 e. The molecule has 1 unspecified atom stereocenters. The van der Waals surface area contributed by atoms with Gasteiger partial charge in [0.2, 0.25) is 0 Å². The number of nitrogens with zero attached hydrogens (tertiary/aromatic N) is 2. The molecule has 0 aliphatic heterocycles. The first-order valence-corrected chi connectivity index (χ1v) is 24.8. The molecular weight excluding hydrogens is 1100 g/mol. The Hall–Kier alpha value is -6.15. The lowest BCUT2D eigenvalue weighted by atomic mass is 10.0. The molecule has 0 bridgehead atoms. The van der Waals surface area contributed by atoms with Gasteiger partial charge in [-0.1, -0.05) is 119 Å². The van der Waals surface area contributed by atoms with E-state index >= 15 is 0 Å². The van der Waals surface area contributed by atoms with Crippen LogP contribution in [0.1, 0.15) is 71.3 Å². The Bertz CT molecular complexity index is 2770. The predicted octanol–water partition coefficient (Wildman–Crippen LogP) is 13.5. The number of rotatable bonds is 21. The lowest BCUT2D eigenvalue weighted by Crippen LogP contribution is -2.25. The van der Waals surface area contributed by atoms with E-state index in [2.05, 4.69) is 14.2 Å². The Morgan fingerprint density at radius 2 is 1.00 bits per heavy atom. The van der Waals surface area contributed by atoms with E-state index in [-0.39, 0.29) is 69.1 Å². The zero-order valence-corrected chi connectivity index (χ0v) is 43.1. The highest BCUT2D eigenvalue weighted by atomic mass is 35.5. The smallest absolute Gasteiger partial charge is 0.509 e. The molecule has 0 saturated heterocycles. The topological polar surface area (TPSA) is 173 Å². The molecular formula is C52H47Cl5F4N2O12. The fourth-order valence-electron chi connectivity index (χ4n) is 6.81. The van der Waals surface area contributed by atoms with Crippen LogP contribution in [-0.4, -0.2) is 43.1 Å². The van der Waals surface area contributed by atoms with Crippen molar-refractivity contribution in [1.29, 1.82) is 0 Å². The second kappa shape index (κ2) is 28.7. The molecule has 400 valence electrons. The maximum Gasteiger partial charge on any atom is 0.509 e. The molecule has 23 heteroatoms. The summed E-state index contributed by atoms with van der Waals surface area (Å²) in [6.07, 6.45) is 5.58. The highest BCUT2D eigenvalue weighted by Crippen LogP contribution is 2.39. The van der Waals surface area contributed by atoms with Crippen molar-refractivity contribution in [2.75, 3.05) is 13.2 Å². The maximum absolute atomic E-state index is 13.0. The van der Waals surface area contributed by atoms with Gasteiger partial charge in [-0.05, 0) is 84.0 Å². The molecule has 2 heterocycles. The molecule has 8 rings (SSSR count). The number of hydrogen-bond acceptors (Lipinski definition) is 12. The summed E-state index contributed by atoms with van der Waals surface area (Å²) in [6.45, 7) is -5.07. The van der Waals surface area contributed by atoms with E-state index in [9.17, 15) is 42.7 Å². The average Bonchev–Trinajstić information content (AvgIpc) is 4.32. The van der Waals surface area contributed by atoms with Crippen LogP contribution in [0.3, 0.4) is 0 Å². The summed E-state index contributed by atoms with van der Waals surface area (Å²) < 4.78 is 87.9. The molecule has 2 fully saturated rings. The van der Waals surface area contributed by atoms with E-state index in [1.165, 1.54) is 36.4 Å². The van der Waals surface area contributed by atoms with Gasteiger partial charge in [0, 0.05) is 35.6 Å². The van der Waals surface area contributed by atoms with Crippen LogP contribution in [0, 0.1) is 22.3 Å². The van der Waals surface area contributed by atoms with Crippen LogP contribution >= 0.6 is 58.0 Å². The quantitative estimate of drug-likeness (QED) is 0.0238. The highest BCUT2D eigenvalue weighted by Gasteiger charge is 2.28. The molecule has 75 heavy (non-hydrogen) atoms. The lowest BCUT2D eigenvalue weighted by molar-refractivity contribution is -0.605. The van der Waals surface area contributed by atoms with E-state index in [1.54, 1.807) is 24.3 Å². The van der Waals surface area contributed by atoms with Crippen LogP contribution in [0.2, 0.25) is 20.1 Å². The second-order valence-electron chi connectivity index (χ2n) is 16.8. The number of halogens is 9. The molecule has 2 aliphatic rings. The summed E-state index contributed by atoms with van der Waals surface area (Å²) in [5.41, 5.74) is 2.50. The Morgan fingerprint density at radius 3 is 1.43 bits per heavy atom. The minimum absolute atomic E-state index is 0.0215. The molecule has 1 N–H and O–H groups in total. The molecule has 0 radical (unpaired) electrons. The maximum atomic E-state index is 13.0. The highest BCUT2D eigenvalue weighted by molar-refractivity contribution is 6.61. The Kier molecular flexibility index (Phi) is 22.2. The number of hydrogen-bond donors (Lipinski definition) is 1. The molecule has 2 aliphatic carbocycles. The molecule has 2 aromatic heterocycles. The Labute approximate surface area is 453 Å². The van der Waals surface area contributed by atoms with Crippen LogP contribution in [-0.2, 0) is 40.3 Å². The van der Waals surface area contributed by atoms with E-state index in [4.69, 9.17) is 77.0 Å². The van der Waals surface area contributed by atoms with Crippen LogP contribution in [0.25, 0.3) is 0 Å². The van der Waals surface area contributed by atoms with E-state index in [1.807, 2.05) is 36.4 Å². The average molecular weight is 1150 g/mol. The van der Waals surface area contributed by atoms with Crippen molar-refractivity contribution in [3.05, 3.63) is 186 Å². The van der Waals surface area contributed by atoms with Crippen molar-refractivity contribution < 1.29 is 74.9 Å². The van der Waals surface area contributed by atoms with Crippen molar-refractivity contribution in [3.63, 3.8) is 0 Å². The van der Waals surface area contributed by atoms with Crippen LogP contribution < -0.4 is 28.4 Å². The van der Waals surface area contributed by atoms with Gasteiger partial charge in [-0.2, -0.15) is 27.0 Å². The van der Waals surface area contributed by atoms with Crippen molar-refractivity contribution in [2.24, 2.45) is 11.8 Å². The Balaban J connectivity index is 0.000000209. The van der Waals surface area contributed by atoms with Gasteiger partial charge in [0.05, 0.1) is 19.3 Å². The first-order chi connectivity index (χ1) is 35.9. The second-order valence-corrected chi connectivity index (χ2v) is 18.8. The standard InChI is InChI=1S/C26H23Cl2F2NO6.C18H17Cl2F2NO4.C8H7ClO2/c27-20-12-31(33)13-21(28)19(20)11-23(37-26(32)35-15-16-4-2-1-3-5-16)18-8-9-22(36-25(29)30)24(10-18)34-14-17-6-7-17;19-13-7-23(25)8-14(20)12(13)6-15(24)11-3-4-16(27-18(21)22)17(5-11)26-9-10-1-2-10;9-8(10)11-6-7-4-2-1-3-5-7/h1-5,8-10,12-13,17,23,25H,6-7,11,14-15H2;3-5,7-8,10,15,18,24H,1-2,6,9H2;1-5H,6H2/t;15-;/m.0./s1. The molecule has 0 spiro atoms. The molecule has 4 aromatic carbocycles. The number of aliphatic hydroxyl groups is 1. The number of carbonyl (C=O) groups is 2. The first-order valence-electron chi connectivity index (χ1n) is 22.9. The summed E-state index contributed by atoms with van der Waals surface area (Å²) in [5.74, 6) is 0.750. The summed E-state index contributed by atoms with van der Waals surface area (Å²) >= 11 is 29.5. The van der Waals surface area contributed by atoms with Gasteiger partial charge >= 0.3 is 24.8 Å². The van der Waals surface area contributed by atoms with Crippen molar-refractivity contribution >= 4 is 69.6 Å². The molecule has 0 amide bonds. The van der Waals surface area contributed by atoms with Crippen molar-refractivity contribution in [1.82, 2.24) is 0 Å². The first kappa shape index (κ1) is 58.1. The van der Waals surface area contributed by atoms with E-state index < -0.39 is 37.0 Å². The third-order valence-corrected chi connectivity index (χ3v) is 12.4. The zero-order valence-electron chi connectivity index (χ0n) is 39.3. The number of aliphatic hydroxyl groups excluding tert-OH is 1. The number of aromatic nitrogens is 2. The summed E-state index contributed by atoms with van der Waals surface area (Å²) in [6, 6.07) is 26.9. The van der Waals surface area contributed by atoms with Crippen LogP contribution in [0.5, 0.6) is 23.0 Å². The molecule has 2 saturated carbocycles. The van der Waals surface area contributed by atoms with Gasteiger partial charge in [-0.25, -0.2) is 9.59 Å². The monoisotopic (exact) mass is 1140 g/mol. The van der Waals surface area contributed by atoms with Crippen LogP contribution in [0.15, 0.2) is 122 Å². The number of alkyl halides is 4. The third kappa shape index (κ3) is 19.8. The van der Waals surface area contributed by atoms with Gasteiger partial charge in [-0.3, -0.25) is 0 Å². The van der Waals surface area contributed by atoms with Crippen molar-refractivity contribution in [3.8, 4) is 23.0 Å². The largest absolute Gasteiger partial charge is 0.619 e. The minimum atomic E-state index is -3.05. The Morgan fingerprint density at radius 1 is 0.587 bits per heavy atom. The fraction of sp³-hybridized carbons (Fsp3) is 0.308. The van der Waals surface area contributed by atoms with Gasteiger partial charge in [-0.15, -0.1) is 0 Å². The normalized spacial score (nSPS) is 13.5. The summed E-state index contributed by atoms with van der Waals surface area (Å²) in [5, 5.41) is 33.9. The van der Waals surface area contributed by atoms with Gasteiger partial charge in [0.15, 0.2) is 47.8 Å². The van der Waals surface area contributed by atoms with Crippen molar-refractivity contribution in [2.45, 2.75) is 77.2 Å². The number of carbonyl (C=O) groups excluding carboxylic acids is 2. The summed E-state index contributed by atoms with van der Waals surface area (Å²) in [7, 11) is 0. The third-order valence-electron chi connectivity index (χ3n) is 11.0. The number of pyridine rings is 2. The van der Waals surface area contributed by atoms with Gasteiger partial charge in [0.25, 0.3) is 0 Å². The van der Waals surface area contributed by atoms with Gasteiger partial charge < -0.3 is 48.7 Å². The fourth-order valence-corrected chi connectivity index (χ4v) is 8.06. The van der Waals surface area contributed by atoms with Gasteiger partial charge in [0.1, 0.15) is 39.4 Å². The lowest BCUT2D eigenvalue weighted by Gasteiger charge is -2.21. The molecule has 14 nitrogen and oxygen atoms in total. The molecule has 2 atom stereocenters.